The van der Waals surface area contributed by atoms with Crippen molar-refractivity contribution in [2.75, 3.05) is 19.8 Å². The Labute approximate surface area is 87.7 Å². The second-order valence-electron chi connectivity index (χ2n) is 3.72. The first-order valence-electron chi connectivity index (χ1n) is 5.18. The van der Waals surface area contributed by atoms with Gasteiger partial charge in [0, 0.05) is 29.8 Å². The molecule has 15 heavy (non-hydrogen) atoms. The summed E-state index contributed by atoms with van der Waals surface area (Å²) in [4.78, 5) is 7.63. The Balaban J connectivity index is 2.05. The van der Waals surface area contributed by atoms with Crippen LogP contribution in [0.3, 0.4) is 0 Å². The monoisotopic (exact) mass is 203 g/mol. The van der Waals surface area contributed by atoms with Gasteiger partial charge in [-0.25, -0.2) is 0 Å². The van der Waals surface area contributed by atoms with E-state index in [0.717, 1.165) is 24.4 Å². The molecule has 0 radical (unpaired) electrons. The van der Waals surface area contributed by atoms with Crippen molar-refractivity contribution in [2.45, 2.75) is 6.04 Å². The fourth-order valence-electron chi connectivity index (χ4n) is 2.02. The van der Waals surface area contributed by atoms with E-state index in [-0.39, 0.29) is 6.04 Å². The Morgan fingerprint density at radius 2 is 2.40 bits per heavy atom. The minimum atomic E-state index is 0.221. The Hall–Kier alpha value is -1.39. The molecule has 3 rings (SSSR count). The van der Waals surface area contributed by atoms with Crippen LogP contribution in [0, 0.1) is 0 Å². The maximum Gasteiger partial charge on any atom is 0.0740 e. The fraction of sp³-hybridized carbons (Fsp3) is 0.364. The van der Waals surface area contributed by atoms with Crippen molar-refractivity contribution in [1.82, 2.24) is 15.3 Å². The highest BCUT2D eigenvalue weighted by atomic mass is 16.5. The zero-order chi connectivity index (χ0) is 10.1. The van der Waals surface area contributed by atoms with Gasteiger partial charge in [0.2, 0.25) is 0 Å². The highest BCUT2D eigenvalue weighted by Crippen LogP contribution is 2.22. The highest BCUT2D eigenvalue weighted by molar-refractivity contribution is 5.81. The van der Waals surface area contributed by atoms with Crippen molar-refractivity contribution < 1.29 is 4.74 Å². The molecule has 0 aliphatic carbocycles. The van der Waals surface area contributed by atoms with Gasteiger partial charge in [0.1, 0.15) is 0 Å². The van der Waals surface area contributed by atoms with E-state index in [1.807, 2.05) is 18.5 Å². The zero-order valence-corrected chi connectivity index (χ0v) is 8.36. The molecule has 2 aromatic rings. The number of nitrogens with one attached hydrogen (secondary N) is 2. The molecular weight excluding hydrogens is 190 g/mol. The van der Waals surface area contributed by atoms with E-state index in [1.54, 1.807) is 0 Å². The number of ether oxygens (including phenoxy) is 1. The van der Waals surface area contributed by atoms with Gasteiger partial charge >= 0.3 is 0 Å². The van der Waals surface area contributed by atoms with E-state index in [0.29, 0.717) is 6.61 Å². The molecule has 1 fully saturated rings. The maximum atomic E-state index is 5.45. The third-order valence-corrected chi connectivity index (χ3v) is 2.76. The zero-order valence-electron chi connectivity index (χ0n) is 8.36. The van der Waals surface area contributed by atoms with E-state index < -0.39 is 0 Å². The summed E-state index contributed by atoms with van der Waals surface area (Å²) in [5, 5.41) is 4.60. The normalized spacial score (nSPS) is 22.0. The number of fused-ring (bicyclic) bond motifs is 1. The van der Waals surface area contributed by atoms with Crippen LogP contribution in [0.5, 0.6) is 0 Å². The molecule has 78 valence electrons. The number of hydrogen-bond donors (Lipinski definition) is 2. The van der Waals surface area contributed by atoms with Crippen molar-refractivity contribution in [1.29, 1.82) is 0 Å². The molecule has 0 bridgehead atoms. The quantitative estimate of drug-likeness (QED) is 0.732. The van der Waals surface area contributed by atoms with Crippen LogP contribution in [0.1, 0.15) is 11.7 Å². The third-order valence-electron chi connectivity index (χ3n) is 2.76. The molecule has 1 aliphatic heterocycles. The standard InChI is InChI=1S/C11H13N3O/c1-3-12-9-2-4-14-11(8(1)9)10-7-15-6-5-13-10/h1-4,10,12-13H,5-7H2/t10-/m0/s1. The summed E-state index contributed by atoms with van der Waals surface area (Å²) in [6.45, 7) is 2.39. The van der Waals surface area contributed by atoms with E-state index in [1.165, 1.54) is 5.39 Å². The summed E-state index contributed by atoms with van der Waals surface area (Å²) in [7, 11) is 0. The van der Waals surface area contributed by atoms with Gasteiger partial charge in [-0.3, -0.25) is 4.98 Å². The summed E-state index contributed by atoms with van der Waals surface area (Å²) in [6, 6.07) is 4.27. The lowest BCUT2D eigenvalue weighted by Crippen LogP contribution is -2.35. The van der Waals surface area contributed by atoms with Crippen molar-refractivity contribution in [3.05, 3.63) is 30.2 Å². The van der Waals surface area contributed by atoms with Crippen LogP contribution in [0.2, 0.25) is 0 Å². The first-order chi connectivity index (χ1) is 7.45. The van der Waals surface area contributed by atoms with Gasteiger partial charge in [0.25, 0.3) is 0 Å². The maximum absolute atomic E-state index is 5.45. The van der Waals surface area contributed by atoms with Crippen LogP contribution in [0.15, 0.2) is 24.5 Å². The molecule has 2 aromatic heterocycles. The van der Waals surface area contributed by atoms with Crippen LogP contribution < -0.4 is 5.32 Å². The number of aromatic nitrogens is 2. The average Bonchev–Trinajstić information content (AvgIpc) is 2.78. The van der Waals surface area contributed by atoms with Crippen molar-refractivity contribution in [3.8, 4) is 0 Å². The van der Waals surface area contributed by atoms with E-state index in [4.69, 9.17) is 4.74 Å². The number of pyridine rings is 1. The number of hydrogen-bond acceptors (Lipinski definition) is 3. The van der Waals surface area contributed by atoms with Crippen molar-refractivity contribution >= 4 is 10.9 Å². The lowest BCUT2D eigenvalue weighted by atomic mass is 10.1. The summed E-state index contributed by atoms with van der Waals surface area (Å²) >= 11 is 0. The highest BCUT2D eigenvalue weighted by Gasteiger charge is 2.18. The number of H-pyrrole nitrogens is 1. The van der Waals surface area contributed by atoms with Crippen LogP contribution in [-0.2, 0) is 4.74 Å². The molecule has 4 heteroatoms. The molecule has 0 unspecified atom stereocenters. The van der Waals surface area contributed by atoms with Gasteiger partial charge in [-0.15, -0.1) is 0 Å². The predicted octanol–water partition coefficient (Wildman–Crippen LogP) is 1.22. The van der Waals surface area contributed by atoms with Gasteiger partial charge in [0.05, 0.1) is 24.9 Å². The van der Waals surface area contributed by atoms with E-state index >= 15 is 0 Å². The van der Waals surface area contributed by atoms with E-state index in [9.17, 15) is 0 Å². The van der Waals surface area contributed by atoms with Gasteiger partial charge in [-0.1, -0.05) is 0 Å². The number of morpholine rings is 1. The minimum Gasteiger partial charge on any atom is -0.378 e. The molecule has 1 saturated heterocycles. The largest absolute Gasteiger partial charge is 0.378 e. The number of rotatable bonds is 1. The molecular formula is C11H13N3O. The van der Waals surface area contributed by atoms with E-state index in [2.05, 4.69) is 21.4 Å². The minimum absolute atomic E-state index is 0.221. The predicted molar refractivity (Wildman–Crippen MR) is 57.7 cm³/mol. The molecule has 1 atom stereocenters. The molecule has 0 saturated carbocycles. The Kier molecular flexibility index (Phi) is 2.16. The molecule has 0 spiro atoms. The van der Waals surface area contributed by atoms with Gasteiger partial charge in [-0.05, 0) is 12.1 Å². The first-order valence-corrected chi connectivity index (χ1v) is 5.18. The fourth-order valence-corrected chi connectivity index (χ4v) is 2.02. The van der Waals surface area contributed by atoms with Crippen LogP contribution in [0.4, 0.5) is 0 Å². The van der Waals surface area contributed by atoms with Crippen LogP contribution >= 0.6 is 0 Å². The summed E-state index contributed by atoms with van der Waals surface area (Å²) < 4.78 is 5.45. The first kappa shape index (κ1) is 8.88. The lowest BCUT2D eigenvalue weighted by Gasteiger charge is -2.23. The van der Waals surface area contributed by atoms with Crippen molar-refractivity contribution in [2.24, 2.45) is 0 Å². The van der Waals surface area contributed by atoms with Crippen LogP contribution in [-0.4, -0.2) is 29.7 Å². The average molecular weight is 203 g/mol. The molecule has 0 aromatic carbocycles. The summed E-state index contributed by atoms with van der Waals surface area (Å²) in [6.07, 6.45) is 3.78. The lowest BCUT2D eigenvalue weighted by molar-refractivity contribution is 0.0761. The summed E-state index contributed by atoms with van der Waals surface area (Å²) in [5.74, 6) is 0. The van der Waals surface area contributed by atoms with Gasteiger partial charge in [0.15, 0.2) is 0 Å². The van der Waals surface area contributed by atoms with Crippen LogP contribution in [0.25, 0.3) is 10.9 Å². The molecule has 1 aliphatic rings. The Morgan fingerprint density at radius 1 is 1.40 bits per heavy atom. The van der Waals surface area contributed by atoms with Crippen molar-refractivity contribution in [3.63, 3.8) is 0 Å². The second kappa shape index (κ2) is 3.64. The Bertz CT molecular complexity index is 460. The summed E-state index contributed by atoms with van der Waals surface area (Å²) in [5.41, 5.74) is 2.21. The Morgan fingerprint density at radius 3 is 3.27 bits per heavy atom. The topological polar surface area (TPSA) is 49.9 Å². The third kappa shape index (κ3) is 1.52. The number of aromatic amines is 1. The molecule has 0 amide bonds. The molecule has 4 nitrogen and oxygen atoms in total. The smallest absolute Gasteiger partial charge is 0.0740 e. The SMILES string of the molecule is c1cc2[nH]ccc2c([C@@H]2COCCN2)n1. The molecule has 2 N–H and O–H groups in total. The number of nitrogens with zero attached hydrogens (tertiary/aromatic N) is 1. The van der Waals surface area contributed by atoms with Gasteiger partial charge < -0.3 is 15.0 Å². The second-order valence-corrected chi connectivity index (χ2v) is 3.72. The van der Waals surface area contributed by atoms with Gasteiger partial charge in [-0.2, -0.15) is 0 Å². The molecule has 3 heterocycles.